The Morgan fingerprint density at radius 2 is 2.05 bits per heavy atom. The van der Waals surface area contributed by atoms with E-state index >= 15 is 0 Å². The summed E-state index contributed by atoms with van der Waals surface area (Å²) in [5, 5.41) is 5.45. The number of thiazole rings is 1. The van der Waals surface area contributed by atoms with E-state index in [1.807, 2.05) is 32.0 Å². The molecule has 118 valence electrons. The van der Waals surface area contributed by atoms with E-state index in [2.05, 4.69) is 10.3 Å². The summed E-state index contributed by atoms with van der Waals surface area (Å²) in [7, 11) is 3.19. The first kappa shape index (κ1) is 16.3. The predicted molar refractivity (Wildman–Crippen MR) is 87.9 cm³/mol. The molecule has 6 heteroatoms. The van der Waals surface area contributed by atoms with E-state index in [-0.39, 0.29) is 11.9 Å². The third kappa shape index (κ3) is 3.57. The molecule has 1 atom stereocenters. The lowest BCUT2D eigenvalue weighted by Crippen LogP contribution is -2.32. The molecule has 0 radical (unpaired) electrons. The van der Waals surface area contributed by atoms with Gasteiger partial charge in [-0.15, -0.1) is 11.3 Å². The van der Waals surface area contributed by atoms with Crippen LogP contribution in [0.3, 0.4) is 0 Å². The van der Waals surface area contributed by atoms with E-state index < -0.39 is 0 Å². The van der Waals surface area contributed by atoms with Crippen molar-refractivity contribution < 1.29 is 14.3 Å². The average molecular weight is 320 g/mol. The summed E-state index contributed by atoms with van der Waals surface area (Å²) >= 11 is 1.43. The van der Waals surface area contributed by atoms with Gasteiger partial charge in [0.25, 0.3) is 5.91 Å². The van der Waals surface area contributed by atoms with Crippen LogP contribution in [0.25, 0.3) is 10.6 Å². The van der Waals surface area contributed by atoms with Gasteiger partial charge in [0.05, 0.1) is 14.2 Å². The molecule has 0 aliphatic rings. The largest absolute Gasteiger partial charge is 0.493 e. The van der Waals surface area contributed by atoms with Crippen molar-refractivity contribution >= 4 is 17.2 Å². The number of nitrogens with one attached hydrogen (secondary N) is 1. The Bertz CT molecular complexity index is 655. The maximum Gasteiger partial charge on any atom is 0.270 e. The van der Waals surface area contributed by atoms with Gasteiger partial charge in [0, 0.05) is 17.0 Å². The van der Waals surface area contributed by atoms with Crippen molar-refractivity contribution in [3.63, 3.8) is 0 Å². The number of benzene rings is 1. The highest BCUT2D eigenvalue weighted by Crippen LogP contribution is 2.33. The average Bonchev–Trinajstić information content (AvgIpc) is 3.04. The van der Waals surface area contributed by atoms with Crippen molar-refractivity contribution in [3.05, 3.63) is 29.3 Å². The fourth-order valence-electron chi connectivity index (χ4n) is 1.88. The molecule has 0 unspecified atom stereocenters. The van der Waals surface area contributed by atoms with Crippen molar-refractivity contribution in [1.29, 1.82) is 0 Å². The number of carbonyl (C=O) groups excluding carboxylic acids is 1. The second kappa shape index (κ2) is 7.26. The monoisotopic (exact) mass is 320 g/mol. The van der Waals surface area contributed by atoms with Gasteiger partial charge in [-0.2, -0.15) is 0 Å². The number of nitrogens with zero attached hydrogens (tertiary/aromatic N) is 1. The van der Waals surface area contributed by atoms with Crippen LogP contribution in [0.4, 0.5) is 0 Å². The smallest absolute Gasteiger partial charge is 0.270 e. The molecule has 0 aliphatic heterocycles. The normalized spacial score (nSPS) is 11.8. The molecule has 0 bridgehead atoms. The summed E-state index contributed by atoms with van der Waals surface area (Å²) in [4.78, 5) is 16.5. The van der Waals surface area contributed by atoms with Gasteiger partial charge in [0.2, 0.25) is 0 Å². The number of hydrogen-bond donors (Lipinski definition) is 1. The Hall–Kier alpha value is -2.08. The number of methoxy groups -OCH3 is 2. The molecule has 0 saturated carbocycles. The van der Waals surface area contributed by atoms with E-state index in [0.717, 1.165) is 17.0 Å². The van der Waals surface area contributed by atoms with Gasteiger partial charge >= 0.3 is 0 Å². The van der Waals surface area contributed by atoms with Gasteiger partial charge in [-0.25, -0.2) is 4.98 Å². The van der Waals surface area contributed by atoms with Crippen LogP contribution in [0.2, 0.25) is 0 Å². The highest BCUT2D eigenvalue weighted by molar-refractivity contribution is 7.13. The van der Waals surface area contributed by atoms with Crippen molar-refractivity contribution in [3.8, 4) is 22.1 Å². The minimum absolute atomic E-state index is 0.138. The summed E-state index contributed by atoms with van der Waals surface area (Å²) in [6.07, 6.45) is 0.887. The molecular weight excluding hydrogens is 300 g/mol. The predicted octanol–water partition coefficient (Wildman–Crippen LogP) is 3.36. The van der Waals surface area contributed by atoms with Gasteiger partial charge in [-0.1, -0.05) is 6.92 Å². The third-order valence-corrected chi connectivity index (χ3v) is 4.25. The van der Waals surface area contributed by atoms with Crippen molar-refractivity contribution in [1.82, 2.24) is 10.3 Å². The highest BCUT2D eigenvalue weighted by atomic mass is 32.1. The van der Waals surface area contributed by atoms with Crippen LogP contribution in [-0.2, 0) is 0 Å². The van der Waals surface area contributed by atoms with Crippen LogP contribution in [0.5, 0.6) is 11.5 Å². The number of carbonyl (C=O) groups is 1. The number of amides is 1. The van der Waals surface area contributed by atoms with E-state index in [0.29, 0.717) is 17.2 Å². The standard InChI is InChI=1S/C16H20N2O3S/c1-5-10(2)17-15(19)12-9-22-16(18-12)11-6-7-13(20-3)14(8-11)21-4/h6-10H,5H2,1-4H3,(H,17,19)/t10-/m1/s1. The lowest BCUT2D eigenvalue weighted by Gasteiger charge is -2.09. The Labute approximate surface area is 134 Å². The van der Waals surface area contributed by atoms with Crippen molar-refractivity contribution in [2.75, 3.05) is 14.2 Å². The first-order chi connectivity index (χ1) is 10.6. The van der Waals surface area contributed by atoms with Gasteiger partial charge in [0.15, 0.2) is 11.5 Å². The molecule has 1 aromatic heterocycles. The summed E-state index contributed by atoms with van der Waals surface area (Å²) in [5.74, 6) is 1.16. The lowest BCUT2D eigenvalue weighted by molar-refractivity contribution is 0.0935. The van der Waals surface area contributed by atoms with Crippen LogP contribution >= 0.6 is 11.3 Å². The fourth-order valence-corrected chi connectivity index (χ4v) is 2.68. The lowest BCUT2D eigenvalue weighted by atomic mass is 10.2. The molecule has 0 fully saturated rings. The van der Waals surface area contributed by atoms with E-state index in [1.54, 1.807) is 19.6 Å². The van der Waals surface area contributed by atoms with E-state index in [4.69, 9.17) is 9.47 Å². The zero-order chi connectivity index (χ0) is 16.1. The van der Waals surface area contributed by atoms with Gasteiger partial charge < -0.3 is 14.8 Å². The number of aromatic nitrogens is 1. The molecule has 22 heavy (non-hydrogen) atoms. The second-order valence-corrected chi connectivity index (χ2v) is 5.75. The minimum atomic E-state index is -0.141. The summed E-state index contributed by atoms with van der Waals surface area (Å²) < 4.78 is 10.5. The molecule has 2 aromatic rings. The maximum atomic E-state index is 12.1. The van der Waals surface area contributed by atoms with Crippen LogP contribution in [0.1, 0.15) is 30.8 Å². The molecule has 1 heterocycles. The summed E-state index contributed by atoms with van der Waals surface area (Å²) in [5.41, 5.74) is 1.33. The SMILES string of the molecule is CC[C@@H](C)NC(=O)c1csc(-c2ccc(OC)c(OC)c2)n1. The molecule has 2 rings (SSSR count). The van der Waals surface area contributed by atoms with Crippen LogP contribution < -0.4 is 14.8 Å². The third-order valence-electron chi connectivity index (χ3n) is 3.36. The highest BCUT2D eigenvalue weighted by Gasteiger charge is 2.14. The summed E-state index contributed by atoms with van der Waals surface area (Å²) in [6, 6.07) is 5.72. The summed E-state index contributed by atoms with van der Waals surface area (Å²) in [6.45, 7) is 4.00. The van der Waals surface area contributed by atoms with Gasteiger partial charge in [0.1, 0.15) is 10.7 Å². The number of rotatable bonds is 6. The van der Waals surface area contributed by atoms with Gasteiger partial charge in [-0.05, 0) is 31.5 Å². The quantitative estimate of drug-likeness (QED) is 0.886. The van der Waals surface area contributed by atoms with Crippen LogP contribution in [-0.4, -0.2) is 31.2 Å². The first-order valence-corrected chi connectivity index (χ1v) is 7.95. The van der Waals surface area contributed by atoms with E-state index in [9.17, 15) is 4.79 Å². The molecule has 1 N–H and O–H groups in total. The fraction of sp³-hybridized carbons (Fsp3) is 0.375. The molecule has 1 aromatic carbocycles. The number of ether oxygens (including phenoxy) is 2. The Balaban J connectivity index is 2.22. The molecule has 0 saturated heterocycles. The van der Waals surface area contributed by atoms with Crippen molar-refractivity contribution in [2.24, 2.45) is 0 Å². The topological polar surface area (TPSA) is 60.5 Å². The minimum Gasteiger partial charge on any atom is -0.493 e. The van der Waals surface area contributed by atoms with Crippen molar-refractivity contribution in [2.45, 2.75) is 26.3 Å². The molecule has 1 amide bonds. The number of hydrogen-bond acceptors (Lipinski definition) is 5. The Morgan fingerprint density at radius 1 is 1.32 bits per heavy atom. The molecule has 0 aliphatic carbocycles. The molecule has 0 spiro atoms. The Morgan fingerprint density at radius 3 is 2.68 bits per heavy atom. The molecule has 5 nitrogen and oxygen atoms in total. The van der Waals surface area contributed by atoms with Gasteiger partial charge in [-0.3, -0.25) is 4.79 Å². The first-order valence-electron chi connectivity index (χ1n) is 7.07. The zero-order valence-electron chi connectivity index (χ0n) is 13.2. The zero-order valence-corrected chi connectivity index (χ0v) is 14.0. The Kier molecular flexibility index (Phi) is 5.38. The van der Waals surface area contributed by atoms with E-state index in [1.165, 1.54) is 11.3 Å². The van der Waals surface area contributed by atoms with Crippen LogP contribution in [0.15, 0.2) is 23.6 Å². The molecular formula is C16H20N2O3S. The maximum absolute atomic E-state index is 12.1. The van der Waals surface area contributed by atoms with Crippen LogP contribution in [0, 0.1) is 0 Å². The second-order valence-electron chi connectivity index (χ2n) is 4.89.